The second-order valence-electron chi connectivity index (χ2n) is 5.64. The molecular formula is C14H20Cl2FN3O3S. The molecule has 1 amide bonds. The Balaban J connectivity index is 0.00000288. The van der Waals surface area contributed by atoms with Crippen LogP contribution in [0.3, 0.4) is 0 Å². The van der Waals surface area contributed by atoms with Crippen molar-refractivity contribution in [2.24, 2.45) is 5.92 Å². The monoisotopic (exact) mass is 399 g/mol. The van der Waals surface area contributed by atoms with Gasteiger partial charge in [0.2, 0.25) is 15.9 Å². The van der Waals surface area contributed by atoms with E-state index in [1.807, 2.05) is 6.92 Å². The topological polar surface area (TPSA) is 87.3 Å². The van der Waals surface area contributed by atoms with Gasteiger partial charge in [-0.25, -0.2) is 17.5 Å². The first-order valence-electron chi connectivity index (χ1n) is 7.20. The van der Waals surface area contributed by atoms with Gasteiger partial charge >= 0.3 is 0 Å². The van der Waals surface area contributed by atoms with Gasteiger partial charge in [0, 0.05) is 25.6 Å². The number of amides is 1. The van der Waals surface area contributed by atoms with Crippen LogP contribution in [0.1, 0.15) is 20.3 Å². The fourth-order valence-corrected chi connectivity index (χ4v) is 4.14. The van der Waals surface area contributed by atoms with Gasteiger partial charge in [0.05, 0.1) is 10.7 Å². The summed E-state index contributed by atoms with van der Waals surface area (Å²) >= 11 is 5.94. The number of anilines is 1. The molecule has 0 spiro atoms. The van der Waals surface area contributed by atoms with E-state index in [0.29, 0.717) is 6.54 Å². The van der Waals surface area contributed by atoms with E-state index in [2.05, 4.69) is 15.4 Å². The summed E-state index contributed by atoms with van der Waals surface area (Å²) < 4.78 is 41.6. The molecule has 0 bridgehead atoms. The van der Waals surface area contributed by atoms with Gasteiger partial charge in [0.15, 0.2) is 0 Å². The number of nitrogens with one attached hydrogen (secondary N) is 3. The summed E-state index contributed by atoms with van der Waals surface area (Å²) in [7, 11) is -4.05. The summed E-state index contributed by atoms with van der Waals surface area (Å²) in [6.45, 7) is 4.50. The molecule has 0 saturated carbocycles. The zero-order valence-electron chi connectivity index (χ0n) is 13.2. The molecule has 0 radical (unpaired) electrons. The standard InChI is InChI=1S/C14H19ClFN3O3S.ClH/c1-8-3-4-17-7-13(8)19-23(21,22)14-5-10(15)12(6-11(14)16)18-9(2)20;/h5-6,8,13,17,19H,3-4,7H2,1-2H3,(H,18,20);1H. The maximum atomic E-state index is 14.2. The second kappa shape index (κ2) is 8.44. The molecule has 0 aromatic heterocycles. The SMILES string of the molecule is CC(=O)Nc1cc(F)c(S(=O)(=O)NC2CNCCC2C)cc1Cl.Cl. The zero-order valence-corrected chi connectivity index (χ0v) is 15.6. The Morgan fingerprint density at radius 2 is 2.08 bits per heavy atom. The number of hydrogen-bond donors (Lipinski definition) is 3. The molecule has 1 fully saturated rings. The van der Waals surface area contributed by atoms with Gasteiger partial charge < -0.3 is 10.6 Å². The first kappa shape index (κ1) is 21.1. The molecule has 3 N–H and O–H groups in total. The molecule has 6 nitrogen and oxygen atoms in total. The Morgan fingerprint density at radius 3 is 2.67 bits per heavy atom. The van der Waals surface area contributed by atoms with Crippen molar-refractivity contribution in [1.29, 1.82) is 0 Å². The summed E-state index contributed by atoms with van der Waals surface area (Å²) in [5.41, 5.74) is 0.0308. The Hall–Kier alpha value is -0.930. The molecule has 1 heterocycles. The number of sulfonamides is 1. The second-order valence-corrected chi connectivity index (χ2v) is 7.73. The van der Waals surface area contributed by atoms with Crippen molar-refractivity contribution in [3.8, 4) is 0 Å². The lowest BCUT2D eigenvalue weighted by atomic mass is 9.96. The average Bonchev–Trinajstić information content (AvgIpc) is 2.44. The van der Waals surface area contributed by atoms with Gasteiger partial charge in [0.25, 0.3) is 0 Å². The van der Waals surface area contributed by atoms with Crippen LogP contribution < -0.4 is 15.4 Å². The van der Waals surface area contributed by atoms with Crippen molar-refractivity contribution >= 4 is 45.6 Å². The van der Waals surface area contributed by atoms with E-state index in [1.165, 1.54) is 6.92 Å². The number of halogens is 3. The quantitative estimate of drug-likeness (QED) is 0.723. The van der Waals surface area contributed by atoms with Crippen molar-refractivity contribution in [3.63, 3.8) is 0 Å². The van der Waals surface area contributed by atoms with Crippen molar-refractivity contribution in [2.75, 3.05) is 18.4 Å². The third kappa shape index (κ3) is 5.03. The van der Waals surface area contributed by atoms with Crippen LogP contribution in [0.2, 0.25) is 5.02 Å². The molecule has 1 aliphatic heterocycles. The smallest absolute Gasteiger partial charge is 0.243 e. The summed E-state index contributed by atoms with van der Waals surface area (Å²) in [5, 5.41) is 5.40. The lowest BCUT2D eigenvalue weighted by Gasteiger charge is -2.30. The highest BCUT2D eigenvalue weighted by atomic mass is 35.5. The van der Waals surface area contributed by atoms with E-state index in [-0.39, 0.29) is 35.1 Å². The molecule has 2 atom stereocenters. The van der Waals surface area contributed by atoms with E-state index in [4.69, 9.17) is 11.6 Å². The normalized spacial score (nSPS) is 21.0. The van der Waals surface area contributed by atoms with Crippen LogP contribution >= 0.6 is 24.0 Å². The summed E-state index contributed by atoms with van der Waals surface area (Å²) in [6.07, 6.45) is 0.831. The fourth-order valence-electron chi connectivity index (χ4n) is 2.43. The molecule has 2 unspecified atom stereocenters. The summed E-state index contributed by atoms with van der Waals surface area (Å²) in [5.74, 6) is -1.26. The first-order valence-corrected chi connectivity index (χ1v) is 9.06. The molecule has 136 valence electrons. The number of benzene rings is 1. The van der Waals surface area contributed by atoms with Gasteiger partial charge in [-0.15, -0.1) is 12.4 Å². The molecule has 1 aromatic rings. The number of piperidine rings is 1. The van der Waals surface area contributed by atoms with Crippen LogP contribution in [0.5, 0.6) is 0 Å². The molecular weight excluding hydrogens is 380 g/mol. The average molecular weight is 400 g/mol. The van der Waals surface area contributed by atoms with E-state index in [9.17, 15) is 17.6 Å². The summed E-state index contributed by atoms with van der Waals surface area (Å²) in [4.78, 5) is 10.5. The largest absolute Gasteiger partial charge is 0.325 e. The number of carbonyl (C=O) groups excluding carboxylic acids is 1. The predicted octanol–water partition coefficient (Wildman–Crippen LogP) is 2.14. The number of rotatable bonds is 4. The van der Waals surface area contributed by atoms with Crippen molar-refractivity contribution < 1.29 is 17.6 Å². The van der Waals surface area contributed by atoms with Crippen molar-refractivity contribution in [1.82, 2.24) is 10.0 Å². The molecule has 1 aliphatic rings. The Kier molecular flexibility index (Phi) is 7.43. The van der Waals surface area contributed by atoms with Gasteiger partial charge in [-0.2, -0.15) is 0 Å². The minimum absolute atomic E-state index is 0. The predicted molar refractivity (Wildman–Crippen MR) is 93.7 cm³/mol. The minimum Gasteiger partial charge on any atom is -0.325 e. The van der Waals surface area contributed by atoms with Crippen molar-refractivity contribution in [3.05, 3.63) is 23.0 Å². The number of hydrogen-bond acceptors (Lipinski definition) is 4. The highest BCUT2D eigenvalue weighted by molar-refractivity contribution is 7.89. The van der Waals surface area contributed by atoms with E-state index >= 15 is 0 Å². The molecule has 0 aliphatic carbocycles. The van der Waals surface area contributed by atoms with Crippen LogP contribution in [-0.4, -0.2) is 33.5 Å². The van der Waals surface area contributed by atoms with Gasteiger partial charge in [-0.05, 0) is 24.9 Å². The lowest BCUT2D eigenvalue weighted by molar-refractivity contribution is -0.114. The highest BCUT2D eigenvalue weighted by Gasteiger charge is 2.29. The van der Waals surface area contributed by atoms with Crippen LogP contribution in [0.15, 0.2) is 17.0 Å². The van der Waals surface area contributed by atoms with Crippen LogP contribution in [0.25, 0.3) is 0 Å². The zero-order chi connectivity index (χ0) is 17.2. The van der Waals surface area contributed by atoms with Gasteiger partial charge in [-0.3, -0.25) is 4.79 Å². The fraction of sp³-hybridized carbons (Fsp3) is 0.500. The van der Waals surface area contributed by atoms with E-state index in [0.717, 1.165) is 25.1 Å². The van der Waals surface area contributed by atoms with Crippen LogP contribution in [-0.2, 0) is 14.8 Å². The van der Waals surface area contributed by atoms with Gasteiger partial charge in [0.1, 0.15) is 10.7 Å². The molecule has 1 saturated heterocycles. The molecule has 2 rings (SSSR count). The molecule has 10 heteroatoms. The maximum Gasteiger partial charge on any atom is 0.243 e. The van der Waals surface area contributed by atoms with Crippen LogP contribution in [0, 0.1) is 11.7 Å². The Labute approximate surface area is 152 Å². The minimum atomic E-state index is -4.05. The maximum absolute atomic E-state index is 14.2. The Morgan fingerprint density at radius 1 is 1.42 bits per heavy atom. The van der Waals surface area contributed by atoms with E-state index < -0.39 is 26.6 Å². The van der Waals surface area contributed by atoms with Crippen molar-refractivity contribution in [2.45, 2.75) is 31.2 Å². The first-order chi connectivity index (χ1) is 10.7. The lowest BCUT2D eigenvalue weighted by Crippen LogP contribution is -2.50. The Bertz CT molecular complexity index is 715. The molecule has 1 aromatic carbocycles. The number of carbonyl (C=O) groups is 1. The van der Waals surface area contributed by atoms with E-state index in [1.54, 1.807) is 0 Å². The molecule has 24 heavy (non-hydrogen) atoms. The summed E-state index contributed by atoms with van der Waals surface area (Å²) in [6, 6.07) is 1.59. The van der Waals surface area contributed by atoms with Gasteiger partial charge in [-0.1, -0.05) is 18.5 Å². The van der Waals surface area contributed by atoms with Crippen LogP contribution in [0.4, 0.5) is 10.1 Å². The third-order valence-corrected chi connectivity index (χ3v) is 5.57. The third-order valence-electron chi connectivity index (χ3n) is 3.76. The highest BCUT2D eigenvalue weighted by Crippen LogP contribution is 2.28.